The maximum absolute atomic E-state index is 13.3. The third-order valence-electron chi connectivity index (χ3n) is 2.21. The van der Waals surface area contributed by atoms with Gasteiger partial charge in [0.1, 0.15) is 5.82 Å². The Morgan fingerprint density at radius 1 is 1.39 bits per heavy atom. The number of hydrogen-bond acceptors (Lipinski definition) is 4. The summed E-state index contributed by atoms with van der Waals surface area (Å²) in [6.07, 6.45) is 0. The summed E-state index contributed by atoms with van der Waals surface area (Å²) in [6, 6.07) is 3.61. The number of hydrogen-bond donors (Lipinski definition) is 2. The van der Waals surface area contributed by atoms with Crippen molar-refractivity contribution in [1.82, 2.24) is 0 Å². The van der Waals surface area contributed by atoms with Gasteiger partial charge in [0.15, 0.2) is 0 Å². The number of benzene rings is 1. The highest BCUT2D eigenvalue weighted by atomic mass is 19.1. The van der Waals surface area contributed by atoms with Gasteiger partial charge in [-0.15, -0.1) is 0 Å². The van der Waals surface area contributed by atoms with E-state index in [9.17, 15) is 14.0 Å². The number of ether oxygens (including phenoxy) is 1. The zero-order chi connectivity index (χ0) is 13.9. The van der Waals surface area contributed by atoms with Crippen molar-refractivity contribution in [2.24, 2.45) is 5.73 Å². The Balaban J connectivity index is 2.99. The second kappa shape index (κ2) is 5.14. The highest BCUT2D eigenvalue weighted by Gasteiger charge is 2.22. The zero-order valence-corrected chi connectivity index (χ0v) is 10.4. The van der Waals surface area contributed by atoms with Gasteiger partial charge in [-0.1, -0.05) is 0 Å². The quantitative estimate of drug-likeness (QED) is 0.796. The molecule has 5 nitrogen and oxygen atoms in total. The van der Waals surface area contributed by atoms with E-state index in [1.54, 1.807) is 0 Å². The Kier molecular flexibility index (Phi) is 4.03. The number of esters is 1. The van der Waals surface area contributed by atoms with E-state index < -0.39 is 23.2 Å². The van der Waals surface area contributed by atoms with Crippen LogP contribution in [0.1, 0.15) is 24.2 Å². The molecular weight excluding hydrogens is 239 g/mol. The molecule has 0 spiro atoms. The summed E-state index contributed by atoms with van der Waals surface area (Å²) in [5, 5.41) is 2.49. The normalized spacial score (nSPS) is 10.9. The first-order valence-corrected chi connectivity index (χ1v) is 5.24. The summed E-state index contributed by atoms with van der Waals surface area (Å²) in [4.78, 5) is 22.9. The Morgan fingerprint density at radius 3 is 2.50 bits per heavy atom. The minimum absolute atomic E-state index is 0.245. The number of carbonyl (C=O) groups excluding carboxylic acids is 2. The number of nitrogens with one attached hydrogen (secondary N) is 1. The largest absolute Gasteiger partial charge is 0.465 e. The van der Waals surface area contributed by atoms with Crippen molar-refractivity contribution in [3.05, 3.63) is 29.6 Å². The fraction of sp³-hybridized carbons (Fsp3) is 0.333. The molecule has 98 valence electrons. The summed E-state index contributed by atoms with van der Waals surface area (Å²) in [5.41, 5.74) is 4.57. The van der Waals surface area contributed by atoms with Gasteiger partial charge < -0.3 is 15.8 Å². The number of rotatable bonds is 3. The summed E-state index contributed by atoms with van der Waals surface area (Å²) in [5.74, 6) is -1.97. The second-order valence-corrected chi connectivity index (χ2v) is 4.36. The van der Waals surface area contributed by atoms with Crippen LogP contribution in [0.4, 0.5) is 10.1 Å². The van der Waals surface area contributed by atoms with Gasteiger partial charge in [-0.2, -0.15) is 0 Å². The van der Waals surface area contributed by atoms with Gasteiger partial charge in [-0.05, 0) is 32.0 Å². The van der Waals surface area contributed by atoms with Crippen LogP contribution in [-0.2, 0) is 9.53 Å². The van der Waals surface area contributed by atoms with Crippen molar-refractivity contribution in [2.75, 3.05) is 12.4 Å². The van der Waals surface area contributed by atoms with Gasteiger partial charge in [-0.3, -0.25) is 4.79 Å². The number of carbonyl (C=O) groups is 2. The van der Waals surface area contributed by atoms with Gasteiger partial charge >= 0.3 is 5.97 Å². The van der Waals surface area contributed by atoms with Crippen LogP contribution in [0.2, 0.25) is 0 Å². The second-order valence-electron chi connectivity index (χ2n) is 4.36. The molecular formula is C12H15FN2O3. The average Bonchev–Trinajstić information content (AvgIpc) is 2.29. The monoisotopic (exact) mass is 254 g/mol. The first-order chi connectivity index (χ1) is 8.25. The van der Waals surface area contributed by atoms with Crippen molar-refractivity contribution in [1.29, 1.82) is 0 Å². The molecule has 1 aromatic carbocycles. The molecule has 3 N–H and O–H groups in total. The molecule has 0 fully saturated rings. The minimum Gasteiger partial charge on any atom is -0.465 e. The average molecular weight is 254 g/mol. The lowest BCUT2D eigenvalue weighted by Gasteiger charge is -2.18. The van der Waals surface area contributed by atoms with E-state index in [4.69, 9.17) is 5.73 Å². The fourth-order valence-corrected chi connectivity index (χ4v) is 1.16. The molecule has 0 aliphatic rings. The van der Waals surface area contributed by atoms with E-state index in [1.807, 2.05) is 0 Å². The van der Waals surface area contributed by atoms with Gasteiger partial charge in [0.05, 0.1) is 18.2 Å². The van der Waals surface area contributed by atoms with E-state index in [0.717, 1.165) is 13.2 Å². The van der Waals surface area contributed by atoms with Gasteiger partial charge in [0, 0.05) is 5.69 Å². The number of anilines is 1. The van der Waals surface area contributed by atoms with Crippen LogP contribution in [0, 0.1) is 5.82 Å². The number of amides is 1. The lowest BCUT2D eigenvalue weighted by atomic mass is 10.1. The van der Waals surface area contributed by atoms with Crippen molar-refractivity contribution in [2.45, 2.75) is 19.4 Å². The number of nitrogens with two attached hydrogens (primary N) is 1. The molecule has 0 saturated heterocycles. The molecule has 1 rings (SSSR count). The predicted octanol–water partition coefficient (Wildman–Crippen LogP) is 1.29. The molecule has 1 amide bonds. The van der Waals surface area contributed by atoms with Crippen LogP contribution in [0.5, 0.6) is 0 Å². The van der Waals surface area contributed by atoms with Crippen LogP contribution in [0.25, 0.3) is 0 Å². The molecule has 0 heterocycles. The summed E-state index contributed by atoms with van der Waals surface area (Å²) >= 11 is 0. The van der Waals surface area contributed by atoms with Crippen LogP contribution >= 0.6 is 0 Å². The van der Waals surface area contributed by atoms with E-state index in [0.29, 0.717) is 0 Å². The van der Waals surface area contributed by atoms with E-state index in [2.05, 4.69) is 10.1 Å². The van der Waals surface area contributed by atoms with Crippen LogP contribution in [0.3, 0.4) is 0 Å². The fourth-order valence-electron chi connectivity index (χ4n) is 1.16. The number of methoxy groups -OCH3 is 1. The Morgan fingerprint density at radius 2 is 2.00 bits per heavy atom. The highest BCUT2D eigenvalue weighted by Crippen LogP contribution is 2.16. The Labute approximate surface area is 104 Å². The summed E-state index contributed by atoms with van der Waals surface area (Å²) < 4.78 is 17.8. The van der Waals surface area contributed by atoms with Crippen LogP contribution in [0.15, 0.2) is 18.2 Å². The smallest absolute Gasteiger partial charge is 0.340 e. The first kappa shape index (κ1) is 14.1. The topological polar surface area (TPSA) is 81.4 Å². The molecule has 6 heteroatoms. The summed E-state index contributed by atoms with van der Waals surface area (Å²) in [7, 11) is 1.15. The van der Waals surface area contributed by atoms with Crippen LogP contribution < -0.4 is 11.1 Å². The van der Waals surface area contributed by atoms with Crippen LogP contribution in [-0.4, -0.2) is 24.5 Å². The molecule has 0 radical (unpaired) electrons. The summed E-state index contributed by atoms with van der Waals surface area (Å²) in [6.45, 7) is 3.07. The first-order valence-electron chi connectivity index (χ1n) is 5.24. The van der Waals surface area contributed by atoms with E-state index in [-0.39, 0.29) is 11.3 Å². The maximum atomic E-state index is 13.3. The van der Waals surface area contributed by atoms with Crippen molar-refractivity contribution >= 4 is 17.6 Å². The lowest BCUT2D eigenvalue weighted by Crippen LogP contribution is -2.45. The van der Waals surface area contributed by atoms with E-state index in [1.165, 1.54) is 26.0 Å². The lowest BCUT2D eigenvalue weighted by molar-refractivity contribution is -0.120. The standard InChI is InChI=1S/C12H15FN2O3/c1-12(2,14)11(17)15-7-4-5-9(13)8(6-7)10(16)18-3/h4-6H,14H2,1-3H3,(H,15,17). The molecule has 0 saturated carbocycles. The Bertz CT molecular complexity index is 481. The molecule has 0 aromatic heterocycles. The molecule has 0 atom stereocenters. The van der Waals surface area contributed by atoms with Crippen molar-refractivity contribution in [3.63, 3.8) is 0 Å². The highest BCUT2D eigenvalue weighted by molar-refractivity contribution is 5.98. The van der Waals surface area contributed by atoms with Crippen molar-refractivity contribution in [3.8, 4) is 0 Å². The minimum atomic E-state index is -1.07. The van der Waals surface area contributed by atoms with Crippen molar-refractivity contribution < 1.29 is 18.7 Å². The van der Waals surface area contributed by atoms with Gasteiger partial charge in [0.25, 0.3) is 0 Å². The van der Waals surface area contributed by atoms with E-state index >= 15 is 0 Å². The number of halogens is 1. The molecule has 0 aliphatic carbocycles. The Hall–Kier alpha value is -1.95. The van der Waals surface area contributed by atoms with Gasteiger partial charge in [-0.25, -0.2) is 9.18 Å². The molecule has 0 bridgehead atoms. The third-order valence-corrected chi connectivity index (χ3v) is 2.21. The zero-order valence-electron chi connectivity index (χ0n) is 10.4. The molecule has 0 aliphatic heterocycles. The van der Waals surface area contributed by atoms with Gasteiger partial charge in [0.2, 0.25) is 5.91 Å². The molecule has 18 heavy (non-hydrogen) atoms. The maximum Gasteiger partial charge on any atom is 0.340 e. The third kappa shape index (κ3) is 3.27. The molecule has 0 unspecified atom stereocenters. The molecule has 1 aromatic rings. The predicted molar refractivity (Wildman–Crippen MR) is 64.6 cm³/mol. The SMILES string of the molecule is COC(=O)c1cc(NC(=O)C(C)(C)N)ccc1F.